The molecule has 0 bridgehead atoms. The van der Waals surface area contributed by atoms with Crippen LogP contribution < -0.4 is 4.90 Å². The molecule has 5 heteroatoms. The average Bonchev–Trinajstić information content (AvgIpc) is 2.57. The van der Waals surface area contributed by atoms with Crippen molar-refractivity contribution in [2.75, 3.05) is 18.1 Å². The number of aryl methyl sites for hydroxylation is 1. The maximum absolute atomic E-state index is 5.56. The fourth-order valence-electron chi connectivity index (χ4n) is 1.61. The summed E-state index contributed by atoms with van der Waals surface area (Å²) in [4.78, 5) is 6.67. The Kier molecular flexibility index (Phi) is 2.69. The molecular weight excluding hydrogens is 198 g/mol. The van der Waals surface area contributed by atoms with Gasteiger partial charge in [0.15, 0.2) is 0 Å². The van der Waals surface area contributed by atoms with Crippen LogP contribution in [-0.4, -0.2) is 34.7 Å². The van der Waals surface area contributed by atoms with E-state index in [1.165, 1.54) is 11.5 Å². The van der Waals surface area contributed by atoms with E-state index < -0.39 is 0 Å². The molecule has 2 unspecified atom stereocenters. The topological polar surface area (TPSA) is 38.2 Å². The van der Waals surface area contributed by atoms with Gasteiger partial charge in [-0.1, -0.05) is 0 Å². The number of nitrogens with zero attached hydrogens (tertiary/aromatic N) is 3. The van der Waals surface area contributed by atoms with Crippen molar-refractivity contribution in [2.45, 2.75) is 32.9 Å². The molecule has 0 saturated carbocycles. The molecule has 4 nitrogen and oxygen atoms in total. The molecule has 2 atom stereocenters. The van der Waals surface area contributed by atoms with E-state index in [4.69, 9.17) is 4.74 Å². The largest absolute Gasteiger partial charge is 0.375 e. The normalized spacial score (nSPS) is 28.1. The first-order valence-electron chi connectivity index (χ1n) is 4.87. The standard InChI is InChI=1S/C9H15N3OS/c1-6-7(2)13-5-4-12(6)9-10-8(3)11-14-9/h6-7H,4-5H2,1-3H3. The molecule has 14 heavy (non-hydrogen) atoms. The fraction of sp³-hybridized carbons (Fsp3) is 0.778. The lowest BCUT2D eigenvalue weighted by Crippen LogP contribution is -2.48. The number of aromatic nitrogens is 2. The van der Waals surface area contributed by atoms with Crippen molar-refractivity contribution in [2.24, 2.45) is 0 Å². The highest BCUT2D eigenvalue weighted by Gasteiger charge is 2.27. The van der Waals surface area contributed by atoms with Gasteiger partial charge in [-0.2, -0.15) is 4.37 Å². The van der Waals surface area contributed by atoms with Gasteiger partial charge in [0, 0.05) is 18.1 Å². The maximum atomic E-state index is 5.56. The number of hydrogen-bond donors (Lipinski definition) is 0. The van der Waals surface area contributed by atoms with Gasteiger partial charge in [-0.05, 0) is 20.8 Å². The number of ether oxygens (including phenoxy) is 1. The summed E-state index contributed by atoms with van der Waals surface area (Å²) in [6, 6.07) is 0.385. The molecule has 1 aliphatic rings. The molecule has 1 fully saturated rings. The fourth-order valence-corrected chi connectivity index (χ4v) is 2.40. The summed E-state index contributed by atoms with van der Waals surface area (Å²) in [5.41, 5.74) is 0. The summed E-state index contributed by atoms with van der Waals surface area (Å²) in [6.07, 6.45) is 0.271. The summed E-state index contributed by atoms with van der Waals surface area (Å²) in [7, 11) is 0. The van der Waals surface area contributed by atoms with Crippen LogP contribution >= 0.6 is 11.5 Å². The molecule has 0 N–H and O–H groups in total. The van der Waals surface area contributed by atoms with E-state index in [0.717, 1.165) is 24.1 Å². The Morgan fingerprint density at radius 1 is 1.50 bits per heavy atom. The third-order valence-corrected chi connectivity index (χ3v) is 3.49. The van der Waals surface area contributed by atoms with Gasteiger partial charge in [0.25, 0.3) is 0 Å². The minimum Gasteiger partial charge on any atom is -0.375 e. The van der Waals surface area contributed by atoms with Crippen molar-refractivity contribution < 1.29 is 4.74 Å². The van der Waals surface area contributed by atoms with Gasteiger partial charge < -0.3 is 9.64 Å². The first-order chi connectivity index (χ1) is 6.68. The Hall–Kier alpha value is -0.680. The van der Waals surface area contributed by atoms with Gasteiger partial charge >= 0.3 is 0 Å². The van der Waals surface area contributed by atoms with Gasteiger partial charge in [-0.3, -0.25) is 0 Å². The highest BCUT2D eigenvalue weighted by Crippen LogP contribution is 2.23. The predicted molar refractivity (Wildman–Crippen MR) is 56.9 cm³/mol. The number of rotatable bonds is 1. The molecule has 0 spiro atoms. The van der Waals surface area contributed by atoms with E-state index in [1.54, 1.807) is 0 Å². The minimum absolute atomic E-state index is 0.271. The molecule has 1 saturated heterocycles. The van der Waals surface area contributed by atoms with Crippen LogP contribution in [0.25, 0.3) is 0 Å². The van der Waals surface area contributed by atoms with E-state index in [-0.39, 0.29) is 6.10 Å². The second-order valence-corrected chi connectivity index (χ2v) is 4.36. The molecule has 2 heterocycles. The summed E-state index contributed by atoms with van der Waals surface area (Å²) >= 11 is 1.47. The van der Waals surface area contributed by atoms with Crippen LogP contribution in [0.3, 0.4) is 0 Å². The quantitative estimate of drug-likeness (QED) is 0.708. The van der Waals surface area contributed by atoms with Crippen molar-refractivity contribution in [3.63, 3.8) is 0 Å². The first-order valence-corrected chi connectivity index (χ1v) is 5.64. The highest BCUT2D eigenvalue weighted by molar-refractivity contribution is 7.09. The SMILES string of the molecule is Cc1nsc(N2CCOC(C)C2C)n1. The maximum Gasteiger partial charge on any atom is 0.205 e. The number of hydrogen-bond acceptors (Lipinski definition) is 5. The first kappa shape index (κ1) is 9.86. The zero-order valence-electron chi connectivity index (χ0n) is 8.73. The Balaban J connectivity index is 2.17. The van der Waals surface area contributed by atoms with E-state index in [0.29, 0.717) is 6.04 Å². The van der Waals surface area contributed by atoms with Crippen LogP contribution in [0.15, 0.2) is 0 Å². The lowest BCUT2D eigenvalue weighted by molar-refractivity contribution is 0.0284. The minimum atomic E-state index is 0.271. The van der Waals surface area contributed by atoms with Gasteiger partial charge in [-0.15, -0.1) is 0 Å². The van der Waals surface area contributed by atoms with E-state index in [1.807, 2.05) is 6.92 Å². The number of anilines is 1. The van der Waals surface area contributed by atoms with Crippen LogP contribution in [0.4, 0.5) is 5.13 Å². The molecule has 1 aromatic heterocycles. The summed E-state index contributed by atoms with van der Waals surface area (Å²) in [6.45, 7) is 7.89. The van der Waals surface area contributed by atoms with E-state index >= 15 is 0 Å². The zero-order valence-corrected chi connectivity index (χ0v) is 9.54. The molecule has 1 aromatic rings. The number of morpholine rings is 1. The molecular formula is C9H15N3OS. The molecule has 1 aliphatic heterocycles. The Morgan fingerprint density at radius 2 is 2.29 bits per heavy atom. The van der Waals surface area contributed by atoms with E-state index in [9.17, 15) is 0 Å². The second-order valence-electron chi connectivity index (χ2n) is 3.63. The van der Waals surface area contributed by atoms with Gasteiger partial charge in [0.2, 0.25) is 5.13 Å². The van der Waals surface area contributed by atoms with Crippen LogP contribution in [-0.2, 0) is 4.74 Å². The van der Waals surface area contributed by atoms with Crippen LogP contribution in [0, 0.1) is 6.92 Å². The smallest absolute Gasteiger partial charge is 0.205 e. The van der Waals surface area contributed by atoms with Crippen molar-refractivity contribution in [3.8, 4) is 0 Å². The molecule has 78 valence electrons. The van der Waals surface area contributed by atoms with Crippen molar-refractivity contribution in [3.05, 3.63) is 5.82 Å². The van der Waals surface area contributed by atoms with Crippen molar-refractivity contribution in [1.82, 2.24) is 9.36 Å². The average molecular weight is 213 g/mol. The third-order valence-electron chi connectivity index (χ3n) is 2.65. The summed E-state index contributed by atoms with van der Waals surface area (Å²) < 4.78 is 9.76. The van der Waals surface area contributed by atoms with Gasteiger partial charge in [0.05, 0.1) is 18.8 Å². The predicted octanol–water partition coefficient (Wildman–Crippen LogP) is 1.46. The monoisotopic (exact) mass is 213 g/mol. The van der Waals surface area contributed by atoms with Crippen LogP contribution in [0.1, 0.15) is 19.7 Å². The molecule has 0 aromatic carbocycles. The zero-order chi connectivity index (χ0) is 10.1. The van der Waals surface area contributed by atoms with Crippen molar-refractivity contribution >= 4 is 16.7 Å². The summed E-state index contributed by atoms with van der Waals surface area (Å²) in [5.74, 6) is 0.858. The Bertz CT molecular complexity index is 315. The third kappa shape index (κ3) is 1.74. The lowest BCUT2D eigenvalue weighted by atomic mass is 10.1. The summed E-state index contributed by atoms with van der Waals surface area (Å²) in [5, 5.41) is 1.02. The lowest BCUT2D eigenvalue weighted by Gasteiger charge is -2.37. The Morgan fingerprint density at radius 3 is 2.93 bits per heavy atom. The molecule has 0 aliphatic carbocycles. The van der Waals surface area contributed by atoms with Crippen LogP contribution in [0.5, 0.6) is 0 Å². The van der Waals surface area contributed by atoms with Crippen LogP contribution in [0.2, 0.25) is 0 Å². The molecule has 0 amide bonds. The van der Waals surface area contributed by atoms with Gasteiger partial charge in [0.1, 0.15) is 5.82 Å². The second kappa shape index (κ2) is 3.82. The highest BCUT2D eigenvalue weighted by atomic mass is 32.1. The van der Waals surface area contributed by atoms with Crippen molar-refractivity contribution in [1.29, 1.82) is 0 Å². The molecule has 0 radical (unpaired) electrons. The Labute approximate surface area is 88.1 Å². The van der Waals surface area contributed by atoms with E-state index in [2.05, 4.69) is 28.1 Å². The van der Waals surface area contributed by atoms with Gasteiger partial charge in [-0.25, -0.2) is 4.98 Å². The molecule has 2 rings (SSSR count).